The van der Waals surface area contributed by atoms with Gasteiger partial charge in [0.15, 0.2) is 11.4 Å². The number of carbonyl (C=O) groups excluding carboxylic acids is 1. The number of amides is 1. The van der Waals surface area contributed by atoms with E-state index in [1.165, 1.54) is 23.2 Å². The number of carbonyl (C=O) groups is 1. The minimum absolute atomic E-state index is 0.123. The van der Waals surface area contributed by atoms with E-state index >= 15 is 0 Å². The van der Waals surface area contributed by atoms with Gasteiger partial charge in [0.2, 0.25) is 5.76 Å². The number of hydrogen-bond donors (Lipinski definition) is 2. The molecular formula is C18H14F2IN3O3. The van der Waals surface area contributed by atoms with Gasteiger partial charge in [0, 0.05) is 22.9 Å². The number of nitrogens with one attached hydrogen (secondary N) is 1. The van der Waals surface area contributed by atoms with Gasteiger partial charge < -0.3 is 19.7 Å². The van der Waals surface area contributed by atoms with Gasteiger partial charge in [-0.2, -0.15) is 0 Å². The third-order valence-corrected chi connectivity index (χ3v) is 5.06. The first-order valence-corrected chi connectivity index (χ1v) is 9.27. The number of rotatable bonds is 3. The maximum atomic E-state index is 14.3. The predicted molar refractivity (Wildman–Crippen MR) is 103 cm³/mol. The van der Waals surface area contributed by atoms with E-state index in [2.05, 4.69) is 10.3 Å². The van der Waals surface area contributed by atoms with Crippen LogP contribution in [0.1, 0.15) is 17.0 Å². The number of aromatic nitrogens is 1. The van der Waals surface area contributed by atoms with Crippen molar-refractivity contribution in [2.75, 3.05) is 18.4 Å². The normalized spacial score (nSPS) is 16.9. The van der Waals surface area contributed by atoms with Crippen LogP contribution in [0.5, 0.6) is 0 Å². The van der Waals surface area contributed by atoms with Gasteiger partial charge in [-0.25, -0.2) is 8.78 Å². The van der Waals surface area contributed by atoms with Crippen molar-refractivity contribution in [3.63, 3.8) is 0 Å². The molecule has 1 amide bonds. The molecule has 0 bridgehead atoms. The monoisotopic (exact) mass is 485 g/mol. The maximum absolute atomic E-state index is 14.3. The van der Waals surface area contributed by atoms with E-state index in [1.807, 2.05) is 22.6 Å². The lowest BCUT2D eigenvalue weighted by molar-refractivity contribution is 0.0737. The second-order valence-electron chi connectivity index (χ2n) is 6.25. The molecule has 9 heteroatoms. The van der Waals surface area contributed by atoms with Crippen molar-refractivity contribution in [3.8, 4) is 0 Å². The van der Waals surface area contributed by atoms with Gasteiger partial charge >= 0.3 is 0 Å². The quantitative estimate of drug-likeness (QED) is 0.554. The van der Waals surface area contributed by atoms with Crippen LogP contribution in [-0.2, 0) is 0 Å². The number of aliphatic hydroxyl groups excluding tert-OH is 1. The molecule has 27 heavy (non-hydrogen) atoms. The standard InChI is InChI=1S/C18H14F2IN3O3/c19-12-5-9(21)1-2-14(12)23-15-11-6-22-7-13(20)16(11)27-17(15)18(26)24-4-3-10(25)8-24/h1-2,5-7,10,23,25H,3-4,8H2/t10-/m1/s1. The third-order valence-electron chi connectivity index (χ3n) is 4.39. The Morgan fingerprint density at radius 2 is 2.15 bits per heavy atom. The van der Waals surface area contributed by atoms with Crippen LogP contribution in [0.4, 0.5) is 20.2 Å². The summed E-state index contributed by atoms with van der Waals surface area (Å²) in [4.78, 5) is 18.1. The summed E-state index contributed by atoms with van der Waals surface area (Å²) in [5.41, 5.74) is 0.128. The topological polar surface area (TPSA) is 78.6 Å². The SMILES string of the molecule is O=C(c1oc2c(F)cncc2c1Nc1ccc(I)cc1F)N1CC[C@@H](O)C1. The van der Waals surface area contributed by atoms with Crippen LogP contribution in [0.2, 0.25) is 0 Å². The summed E-state index contributed by atoms with van der Waals surface area (Å²) in [5, 5.41) is 12.8. The van der Waals surface area contributed by atoms with Crippen LogP contribution < -0.4 is 5.32 Å². The van der Waals surface area contributed by atoms with Crippen molar-refractivity contribution in [2.24, 2.45) is 0 Å². The summed E-state index contributed by atoms with van der Waals surface area (Å²) in [6.45, 7) is 0.517. The number of aliphatic hydroxyl groups is 1. The van der Waals surface area contributed by atoms with Gasteiger partial charge in [-0.05, 0) is 47.2 Å². The molecule has 3 heterocycles. The molecule has 2 N–H and O–H groups in total. The minimum atomic E-state index is -0.723. The average Bonchev–Trinajstić information content (AvgIpc) is 3.22. The number of halogens is 3. The van der Waals surface area contributed by atoms with E-state index in [0.29, 0.717) is 16.5 Å². The first-order valence-electron chi connectivity index (χ1n) is 8.19. The lowest BCUT2D eigenvalue weighted by Crippen LogP contribution is -2.29. The Morgan fingerprint density at radius 1 is 1.33 bits per heavy atom. The van der Waals surface area contributed by atoms with E-state index in [1.54, 1.807) is 6.07 Å². The smallest absolute Gasteiger partial charge is 0.291 e. The molecule has 0 unspecified atom stereocenters. The molecule has 1 aliphatic rings. The summed E-state index contributed by atoms with van der Waals surface area (Å²) >= 11 is 1.98. The third kappa shape index (κ3) is 3.36. The highest BCUT2D eigenvalue weighted by Gasteiger charge is 2.31. The van der Waals surface area contributed by atoms with Crippen molar-refractivity contribution in [2.45, 2.75) is 12.5 Å². The van der Waals surface area contributed by atoms with Crippen molar-refractivity contribution in [3.05, 3.63) is 51.6 Å². The van der Waals surface area contributed by atoms with Crippen molar-refractivity contribution < 1.29 is 23.1 Å². The molecule has 0 spiro atoms. The van der Waals surface area contributed by atoms with Gasteiger partial charge in [-0.3, -0.25) is 9.78 Å². The van der Waals surface area contributed by atoms with Gasteiger partial charge in [0.25, 0.3) is 5.91 Å². The fourth-order valence-electron chi connectivity index (χ4n) is 3.05. The molecule has 6 nitrogen and oxygen atoms in total. The number of fused-ring (bicyclic) bond motifs is 1. The molecule has 1 aromatic carbocycles. The molecule has 4 rings (SSSR count). The minimum Gasteiger partial charge on any atom is -0.445 e. The second-order valence-corrected chi connectivity index (χ2v) is 7.49. The fraction of sp³-hybridized carbons (Fsp3) is 0.222. The molecule has 3 aromatic rings. The molecule has 2 aromatic heterocycles. The molecule has 0 saturated carbocycles. The predicted octanol–water partition coefficient (Wildman–Crippen LogP) is 3.66. The molecule has 1 fully saturated rings. The Hall–Kier alpha value is -2.27. The molecule has 1 aliphatic heterocycles. The Balaban J connectivity index is 1.82. The van der Waals surface area contributed by atoms with Crippen LogP contribution in [-0.4, -0.2) is 40.1 Å². The summed E-state index contributed by atoms with van der Waals surface area (Å²) in [5.74, 6) is -1.89. The van der Waals surface area contributed by atoms with Gasteiger partial charge in [-0.1, -0.05) is 0 Å². The summed E-state index contributed by atoms with van der Waals surface area (Å²) < 4.78 is 34.6. The van der Waals surface area contributed by atoms with Gasteiger partial charge in [-0.15, -0.1) is 0 Å². The van der Waals surface area contributed by atoms with E-state index in [4.69, 9.17) is 4.42 Å². The van der Waals surface area contributed by atoms with Crippen LogP contribution in [0.15, 0.2) is 35.0 Å². The highest BCUT2D eigenvalue weighted by molar-refractivity contribution is 14.1. The number of β-amino-alcohol motifs (C(OH)–C–C–N with tert-alkyl or cyclic N) is 1. The van der Waals surface area contributed by atoms with Crippen molar-refractivity contribution in [1.29, 1.82) is 0 Å². The van der Waals surface area contributed by atoms with E-state index < -0.39 is 23.6 Å². The zero-order chi connectivity index (χ0) is 19.1. The Morgan fingerprint density at radius 3 is 2.85 bits per heavy atom. The first-order chi connectivity index (χ1) is 12.9. The van der Waals surface area contributed by atoms with Crippen LogP contribution in [0, 0.1) is 15.2 Å². The maximum Gasteiger partial charge on any atom is 0.291 e. The fourth-order valence-corrected chi connectivity index (χ4v) is 3.50. The number of hydrogen-bond acceptors (Lipinski definition) is 5. The lowest BCUT2D eigenvalue weighted by Gasteiger charge is -2.15. The van der Waals surface area contributed by atoms with Crippen LogP contribution in [0.3, 0.4) is 0 Å². The zero-order valence-electron chi connectivity index (χ0n) is 13.9. The number of furan rings is 1. The Bertz CT molecular complexity index is 1040. The molecule has 0 aliphatic carbocycles. The summed E-state index contributed by atoms with van der Waals surface area (Å²) in [7, 11) is 0. The number of likely N-dealkylation sites (tertiary alicyclic amines) is 1. The highest BCUT2D eigenvalue weighted by Crippen LogP contribution is 2.36. The first kappa shape index (κ1) is 18.1. The van der Waals surface area contributed by atoms with E-state index in [9.17, 15) is 18.7 Å². The Labute approximate surface area is 166 Å². The Kier molecular flexibility index (Phi) is 4.72. The van der Waals surface area contributed by atoms with Crippen LogP contribution in [0.25, 0.3) is 11.0 Å². The number of anilines is 2. The zero-order valence-corrected chi connectivity index (χ0v) is 16.0. The molecule has 0 radical (unpaired) electrons. The van der Waals surface area contributed by atoms with Crippen molar-refractivity contribution >= 4 is 50.8 Å². The summed E-state index contributed by atoms with van der Waals surface area (Å²) in [6, 6.07) is 4.56. The number of benzene rings is 1. The van der Waals surface area contributed by atoms with Gasteiger partial charge in [0.05, 0.1) is 23.4 Å². The average molecular weight is 485 g/mol. The summed E-state index contributed by atoms with van der Waals surface area (Å²) in [6.07, 6.45) is 2.18. The molecule has 1 saturated heterocycles. The van der Waals surface area contributed by atoms with E-state index in [0.717, 1.165) is 6.20 Å². The van der Waals surface area contributed by atoms with Crippen LogP contribution >= 0.6 is 22.6 Å². The largest absolute Gasteiger partial charge is 0.445 e. The second kappa shape index (κ2) is 7.04. The number of pyridine rings is 1. The number of nitrogens with zero attached hydrogens (tertiary/aromatic N) is 2. The highest BCUT2D eigenvalue weighted by atomic mass is 127. The van der Waals surface area contributed by atoms with Gasteiger partial charge in [0.1, 0.15) is 11.5 Å². The molecule has 140 valence electrons. The molecule has 1 atom stereocenters. The lowest BCUT2D eigenvalue weighted by atomic mass is 10.2. The molecular weight excluding hydrogens is 471 g/mol. The van der Waals surface area contributed by atoms with Crippen molar-refractivity contribution in [1.82, 2.24) is 9.88 Å². The van der Waals surface area contributed by atoms with E-state index in [-0.39, 0.29) is 34.6 Å².